The van der Waals surface area contributed by atoms with Gasteiger partial charge in [-0.25, -0.2) is 0 Å². The number of ether oxygens (including phenoxy) is 1. The predicted octanol–water partition coefficient (Wildman–Crippen LogP) is 2.09. The van der Waals surface area contributed by atoms with Crippen LogP contribution in [0, 0.1) is 11.8 Å². The lowest BCUT2D eigenvalue weighted by Crippen LogP contribution is -2.37. The molecule has 2 aliphatic heterocycles. The third kappa shape index (κ3) is 2.51. The Morgan fingerprint density at radius 2 is 1.68 bits per heavy atom. The summed E-state index contributed by atoms with van der Waals surface area (Å²) in [6.45, 7) is 1.20. The highest BCUT2D eigenvalue weighted by Gasteiger charge is 2.52. The topological polar surface area (TPSA) is 46.6 Å². The molecule has 1 saturated carbocycles. The highest BCUT2D eigenvalue weighted by molar-refractivity contribution is 9.12. The summed E-state index contributed by atoms with van der Waals surface area (Å²) in [7, 11) is 0. The lowest BCUT2D eigenvalue weighted by atomic mass is 9.81. The highest BCUT2D eigenvalue weighted by Crippen LogP contribution is 2.43. The van der Waals surface area contributed by atoms with Gasteiger partial charge in [0.05, 0.1) is 24.5 Å². The Morgan fingerprint density at radius 3 is 2.16 bits per heavy atom. The first-order valence-electron chi connectivity index (χ1n) is 6.83. The number of hydrogen-bond acceptors (Lipinski definition) is 3. The van der Waals surface area contributed by atoms with Crippen molar-refractivity contribution >= 4 is 43.7 Å². The molecule has 0 bridgehead atoms. The second kappa shape index (κ2) is 5.45. The second-order valence-electron chi connectivity index (χ2n) is 5.64. The van der Waals surface area contributed by atoms with E-state index in [-0.39, 0.29) is 39.4 Å². The average Bonchev–Trinajstić information content (AvgIpc) is 2.96. The third-order valence-corrected chi connectivity index (χ3v) is 7.15. The molecule has 3 rings (SSSR count). The number of alkyl halides is 2. The zero-order chi connectivity index (χ0) is 13.6. The fourth-order valence-corrected chi connectivity index (χ4v) is 4.57. The second-order valence-corrected chi connectivity index (χ2v) is 7.99. The number of halogens is 2. The maximum absolute atomic E-state index is 12.4. The summed E-state index contributed by atoms with van der Waals surface area (Å²) in [5.41, 5.74) is 0. The van der Waals surface area contributed by atoms with Crippen molar-refractivity contribution in [3.8, 4) is 0 Å². The summed E-state index contributed by atoms with van der Waals surface area (Å²) < 4.78 is 5.54. The molecule has 4 nitrogen and oxygen atoms in total. The van der Waals surface area contributed by atoms with Gasteiger partial charge in [-0.05, 0) is 25.7 Å². The first-order chi connectivity index (χ1) is 9.08. The van der Waals surface area contributed by atoms with Crippen molar-refractivity contribution in [3.63, 3.8) is 0 Å². The van der Waals surface area contributed by atoms with E-state index in [1.54, 1.807) is 0 Å². The standard InChI is InChI=1S/C13H17Br2NO3/c14-10-4-8-9(5-11(10)15)13(18)16(12(8)17)6-7-2-1-3-19-7/h7-11H,1-6H2/t7-,8-,9+,10+,11-/m0/s1. The van der Waals surface area contributed by atoms with Gasteiger partial charge in [-0.2, -0.15) is 0 Å². The Kier molecular flexibility index (Phi) is 4.02. The maximum atomic E-state index is 12.4. The monoisotopic (exact) mass is 393 g/mol. The molecule has 0 spiro atoms. The van der Waals surface area contributed by atoms with Crippen molar-refractivity contribution in [3.05, 3.63) is 0 Å². The molecule has 0 N–H and O–H groups in total. The van der Waals surface area contributed by atoms with Crippen LogP contribution >= 0.6 is 31.9 Å². The molecule has 2 amide bonds. The number of fused-ring (bicyclic) bond motifs is 1. The Balaban J connectivity index is 1.73. The smallest absolute Gasteiger partial charge is 0.233 e. The van der Waals surface area contributed by atoms with Gasteiger partial charge in [-0.1, -0.05) is 31.9 Å². The van der Waals surface area contributed by atoms with E-state index in [1.807, 2.05) is 0 Å². The van der Waals surface area contributed by atoms with Gasteiger partial charge in [0, 0.05) is 16.3 Å². The van der Waals surface area contributed by atoms with Crippen LogP contribution in [0.5, 0.6) is 0 Å². The molecule has 106 valence electrons. The minimum Gasteiger partial charge on any atom is -0.376 e. The van der Waals surface area contributed by atoms with Gasteiger partial charge in [0.2, 0.25) is 11.8 Å². The zero-order valence-electron chi connectivity index (χ0n) is 10.6. The molecular formula is C13H17Br2NO3. The van der Waals surface area contributed by atoms with Crippen LogP contribution in [0.2, 0.25) is 0 Å². The number of carbonyl (C=O) groups is 2. The normalized spacial score (nSPS) is 42.8. The van der Waals surface area contributed by atoms with Crippen LogP contribution in [0.3, 0.4) is 0 Å². The highest BCUT2D eigenvalue weighted by atomic mass is 79.9. The van der Waals surface area contributed by atoms with E-state index in [0.29, 0.717) is 6.54 Å². The molecular weight excluding hydrogens is 378 g/mol. The number of imide groups is 1. The molecule has 2 heterocycles. The molecule has 3 fully saturated rings. The van der Waals surface area contributed by atoms with Gasteiger partial charge in [0.15, 0.2) is 0 Å². The van der Waals surface area contributed by atoms with E-state index < -0.39 is 0 Å². The van der Waals surface area contributed by atoms with E-state index >= 15 is 0 Å². The molecule has 0 aromatic rings. The predicted molar refractivity (Wildman–Crippen MR) is 77.3 cm³/mol. The molecule has 0 radical (unpaired) electrons. The number of rotatable bonds is 2. The summed E-state index contributed by atoms with van der Waals surface area (Å²) in [5.74, 6) is -0.247. The lowest BCUT2D eigenvalue weighted by molar-refractivity contribution is -0.141. The molecule has 1 aliphatic carbocycles. The van der Waals surface area contributed by atoms with Crippen molar-refractivity contribution in [2.75, 3.05) is 13.2 Å². The zero-order valence-corrected chi connectivity index (χ0v) is 13.7. The first kappa shape index (κ1) is 14.0. The van der Waals surface area contributed by atoms with Crippen LogP contribution in [0.15, 0.2) is 0 Å². The van der Waals surface area contributed by atoms with Gasteiger partial charge in [0.25, 0.3) is 0 Å². The molecule has 5 atom stereocenters. The Labute approximate surface area is 129 Å². The van der Waals surface area contributed by atoms with Crippen molar-refractivity contribution in [1.82, 2.24) is 4.90 Å². The van der Waals surface area contributed by atoms with Gasteiger partial charge in [-0.15, -0.1) is 0 Å². The minimum absolute atomic E-state index is 0.00866. The average molecular weight is 395 g/mol. The van der Waals surface area contributed by atoms with E-state index in [1.165, 1.54) is 4.90 Å². The fraction of sp³-hybridized carbons (Fsp3) is 0.846. The van der Waals surface area contributed by atoms with Crippen LogP contribution in [0.4, 0.5) is 0 Å². The first-order valence-corrected chi connectivity index (χ1v) is 8.66. The van der Waals surface area contributed by atoms with E-state index in [2.05, 4.69) is 31.9 Å². The van der Waals surface area contributed by atoms with Gasteiger partial charge in [-0.3, -0.25) is 14.5 Å². The fourth-order valence-electron chi connectivity index (χ4n) is 3.34. The molecule has 3 aliphatic rings. The molecule has 0 aromatic carbocycles. The van der Waals surface area contributed by atoms with Crippen molar-refractivity contribution in [2.24, 2.45) is 11.8 Å². The van der Waals surface area contributed by atoms with Gasteiger partial charge in [0.1, 0.15) is 0 Å². The SMILES string of the molecule is O=C1[C@H]2C[C@@H](Br)[C@@H](Br)C[C@H]2C(=O)N1C[C@@H]1CCCO1. The van der Waals surface area contributed by atoms with Crippen LogP contribution in [-0.2, 0) is 14.3 Å². The number of hydrogen-bond donors (Lipinski definition) is 0. The summed E-state index contributed by atoms with van der Waals surface area (Å²) in [6, 6.07) is 0. The van der Waals surface area contributed by atoms with Crippen LogP contribution < -0.4 is 0 Å². The lowest BCUT2D eigenvalue weighted by Gasteiger charge is -2.29. The maximum Gasteiger partial charge on any atom is 0.233 e. The van der Waals surface area contributed by atoms with Gasteiger partial charge < -0.3 is 4.74 Å². The van der Waals surface area contributed by atoms with E-state index in [4.69, 9.17) is 4.74 Å². The van der Waals surface area contributed by atoms with Crippen LogP contribution in [0.1, 0.15) is 25.7 Å². The summed E-state index contributed by atoms with van der Waals surface area (Å²) in [6.07, 6.45) is 3.52. The summed E-state index contributed by atoms with van der Waals surface area (Å²) in [4.78, 5) is 26.8. The molecule has 19 heavy (non-hydrogen) atoms. The molecule has 6 heteroatoms. The van der Waals surface area contributed by atoms with Crippen LogP contribution in [-0.4, -0.2) is 45.6 Å². The van der Waals surface area contributed by atoms with Crippen molar-refractivity contribution in [2.45, 2.75) is 41.4 Å². The number of carbonyl (C=O) groups excluding carboxylic acids is 2. The summed E-state index contributed by atoms with van der Waals surface area (Å²) in [5, 5.41) is 0. The summed E-state index contributed by atoms with van der Waals surface area (Å²) >= 11 is 7.18. The molecule has 2 saturated heterocycles. The molecule has 0 aromatic heterocycles. The molecule has 0 unspecified atom stereocenters. The van der Waals surface area contributed by atoms with Crippen LogP contribution in [0.25, 0.3) is 0 Å². The Morgan fingerprint density at radius 1 is 1.11 bits per heavy atom. The number of nitrogens with zero attached hydrogens (tertiary/aromatic N) is 1. The quantitative estimate of drug-likeness (QED) is 0.532. The Bertz CT molecular complexity index is 369. The van der Waals surface area contributed by atoms with Gasteiger partial charge >= 0.3 is 0 Å². The number of likely N-dealkylation sites (tertiary alicyclic amines) is 1. The third-order valence-electron chi connectivity index (χ3n) is 4.41. The van der Waals surface area contributed by atoms with Crippen molar-refractivity contribution < 1.29 is 14.3 Å². The number of amides is 2. The van der Waals surface area contributed by atoms with E-state index in [9.17, 15) is 9.59 Å². The largest absolute Gasteiger partial charge is 0.376 e. The Hall–Kier alpha value is 0.0600. The van der Waals surface area contributed by atoms with Crippen molar-refractivity contribution in [1.29, 1.82) is 0 Å². The van der Waals surface area contributed by atoms with E-state index in [0.717, 1.165) is 32.3 Å². The minimum atomic E-state index is -0.132.